The van der Waals surface area contributed by atoms with Gasteiger partial charge in [0.1, 0.15) is 17.3 Å². The number of methoxy groups -OCH3 is 2. The van der Waals surface area contributed by atoms with E-state index in [-0.39, 0.29) is 11.8 Å². The summed E-state index contributed by atoms with van der Waals surface area (Å²) in [6, 6.07) is 11.2. The van der Waals surface area contributed by atoms with Crippen LogP contribution in [-0.4, -0.2) is 35.3 Å². The zero-order chi connectivity index (χ0) is 19.2. The van der Waals surface area contributed by atoms with Crippen LogP contribution in [0.1, 0.15) is 5.56 Å². The summed E-state index contributed by atoms with van der Waals surface area (Å²) in [4.78, 5) is 16.2. The summed E-state index contributed by atoms with van der Waals surface area (Å²) < 4.78 is 23.6. The minimum absolute atomic E-state index is 0.108. The summed E-state index contributed by atoms with van der Waals surface area (Å²) in [7, 11) is 3.10. The molecule has 0 aliphatic heterocycles. The number of carbonyl (C=O) groups excluding carboxylic acids is 1. The number of amides is 1. The van der Waals surface area contributed by atoms with Crippen molar-refractivity contribution in [2.24, 2.45) is 0 Å². The van der Waals surface area contributed by atoms with E-state index >= 15 is 0 Å². The Kier molecular flexibility index (Phi) is 5.46. The van der Waals surface area contributed by atoms with Gasteiger partial charge < -0.3 is 9.47 Å². The van der Waals surface area contributed by atoms with Crippen LogP contribution < -0.4 is 14.8 Å². The predicted molar refractivity (Wildman–Crippen MR) is 99.0 cm³/mol. The molecule has 1 heterocycles. The third-order valence-electron chi connectivity index (χ3n) is 3.66. The maximum atomic E-state index is 13.1. The van der Waals surface area contributed by atoms with Gasteiger partial charge in [-0.25, -0.2) is 4.39 Å². The molecule has 3 rings (SSSR count). The standard InChI is InChI=1S/C19H17FN4O3/c1-26-14-7-8-15(16(11-14)27-2)18-22-19(24-23-18)21-17(25)9-6-12-4-3-5-13(20)10-12/h3-11H,1-2H3,(H2,21,22,23,24,25). The van der Waals surface area contributed by atoms with Gasteiger partial charge in [0.25, 0.3) is 5.91 Å². The Morgan fingerprint density at radius 1 is 1.19 bits per heavy atom. The average molecular weight is 368 g/mol. The van der Waals surface area contributed by atoms with Crippen LogP contribution in [0.3, 0.4) is 0 Å². The number of ether oxygens (including phenoxy) is 2. The van der Waals surface area contributed by atoms with E-state index in [1.165, 1.54) is 31.4 Å². The molecule has 0 atom stereocenters. The average Bonchev–Trinajstić information content (AvgIpc) is 3.14. The Balaban J connectivity index is 1.72. The van der Waals surface area contributed by atoms with Crippen LogP contribution in [-0.2, 0) is 4.79 Å². The largest absolute Gasteiger partial charge is 0.497 e. The summed E-state index contributed by atoms with van der Waals surface area (Å²) in [6.45, 7) is 0. The third kappa shape index (κ3) is 4.49. The van der Waals surface area contributed by atoms with E-state index in [1.54, 1.807) is 37.4 Å². The monoisotopic (exact) mass is 368 g/mol. The number of nitrogens with zero attached hydrogens (tertiary/aromatic N) is 2. The fourth-order valence-corrected chi connectivity index (χ4v) is 2.37. The zero-order valence-electron chi connectivity index (χ0n) is 14.7. The zero-order valence-corrected chi connectivity index (χ0v) is 14.7. The summed E-state index contributed by atoms with van der Waals surface area (Å²) >= 11 is 0. The van der Waals surface area contributed by atoms with E-state index in [0.29, 0.717) is 28.5 Å². The number of benzene rings is 2. The first-order chi connectivity index (χ1) is 13.1. The summed E-state index contributed by atoms with van der Waals surface area (Å²) in [5.41, 5.74) is 1.24. The number of anilines is 1. The quantitative estimate of drug-likeness (QED) is 0.652. The van der Waals surface area contributed by atoms with Gasteiger partial charge in [-0.3, -0.25) is 15.2 Å². The molecule has 3 aromatic rings. The van der Waals surface area contributed by atoms with Gasteiger partial charge in [-0.05, 0) is 35.9 Å². The van der Waals surface area contributed by atoms with Crippen LogP contribution in [0.2, 0.25) is 0 Å². The first-order valence-corrected chi connectivity index (χ1v) is 7.98. The van der Waals surface area contributed by atoms with Crippen LogP contribution in [0.5, 0.6) is 11.5 Å². The van der Waals surface area contributed by atoms with Crippen molar-refractivity contribution in [2.75, 3.05) is 19.5 Å². The molecule has 0 fully saturated rings. The summed E-state index contributed by atoms with van der Waals surface area (Å²) in [5.74, 6) is 0.923. The Labute approximate surface area is 154 Å². The Morgan fingerprint density at radius 3 is 2.78 bits per heavy atom. The smallest absolute Gasteiger partial charge is 0.250 e. The molecule has 1 aromatic heterocycles. The highest BCUT2D eigenvalue weighted by atomic mass is 19.1. The molecule has 0 aliphatic rings. The molecular formula is C19H17FN4O3. The van der Waals surface area contributed by atoms with Crippen molar-refractivity contribution in [1.29, 1.82) is 0 Å². The maximum Gasteiger partial charge on any atom is 0.250 e. The number of carbonyl (C=O) groups is 1. The van der Waals surface area contributed by atoms with E-state index in [4.69, 9.17) is 9.47 Å². The van der Waals surface area contributed by atoms with Gasteiger partial charge in [-0.2, -0.15) is 4.98 Å². The molecule has 0 bridgehead atoms. The molecule has 7 nitrogen and oxygen atoms in total. The van der Waals surface area contributed by atoms with Crippen molar-refractivity contribution < 1.29 is 18.7 Å². The second kappa shape index (κ2) is 8.13. The number of rotatable bonds is 6. The van der Waals surface area contributed by atoms with E-state index in [0.717, 1.165) is 0 Å². The second-order valence-corrected chi connectivity index (χ2v) is 5.45. The van der Waals surface area contributed by atoms with Crippen LogP contribution in [0.4, 0.5) is 10.3 Å². The molecule has 138 valence electrons. The number of halogens is 1. The Morgan fingerprint density at radius 2 is 2.04 bits per heavy atom. The highest BCUT2D eigenvalue weighted by Gasteiger charge is 2.13. The molecule has 0 spiro atoms. The van der Waals surface area contributed by atoms with Crippen molar-refractivity contribution >= 4 is 17.9 Å². The minimum atomic E-state index is -0.438. The minimum Gasteiger partial charge on any atom is -0.497 e. The van der Waals surface area contributed by atoms with Crippen LogP contribution in [0.25, 0.3) is 17.5 Å². The van der Waals surface area contributed by atoms with E-state index in [2.05, 4.69) is 20.5 Å². The number of H-pyrrole nitrogens is 1. The molecule has 1 amide bonds. The highest BCUT2D eigenvalue weighted by molar-refractivity contribution is 6.01. The Bertz CT molecular complexity index is 985. The molecular weight excluding hydrogens is 351 g/mol. The van der Waals surface area contributed by atoms with Gasteiger partial charge in [0.05, 0.1) is 19.8 Å². The molecule has 27 heavy (non-hydrogen) atoms. The molecule has 0 saturated heterocycles. The fourth-order valence-electron chi connectivity index (χ4n) is 2.37. The summed E-state index contributed by atoms with van der Waals surface area (Å²) in [5, 5.41) is 9.26. The first kappa shape index (κ1) is 18.1. The Hall–Kier alpha value is -3.68. The van der Waals surface area contributed by atoms with Gasteiger partial charge in [-0.15, -0.1) is 5.10 Å². The summed E-state index contributed by atoms with van der Waals surface area (Å²) in [6.07, 6.45) is 2.78. The van der Waals surface area contributed by atoms with Gasteiger partial charge >= 0.3 is 0 Å². The molecule has 0 aliphatic carbocycles. The van der Waals surface area contributed by atoms with Crippen molar-refractivity contribution in [2.45, 2.75) is 0 Å². The predicted octanol–water partition coefficient (Wildman–Crippen LogP) is 3.28. The first-order valence-electron chi connectivity index (χ1n) is 7.98. The number of hydrogen-bond donors (Lipinski definition) is 2. The van der Waals surface area contributed by atoms with Crippen molar-refractivity contribution in [3.8, 4) is 22.9 Å². The topological polar surface area (TPSA) is 89.1 Å². The van der Waals surface area contributed by atoms with E-state index in [1.807, 2.05) is 0 Å². The third-order valence-corrected chi connectivity index (χ3v) is 3.66. The van der Waals surface area contributed by atoms with Crippen LogP contribution in [0, 0.1) is 5.82 Å². The lowest BCUT2D eigenvalue weighted by molar-refractivity contribution is -0.111. The molecule has 2 N–H and O–H groups in total. The van der Waals surface area contributed by atoms with Gasteiger partial charge in [0.15, 0.2) is 5.82 Å². The molecule has 0 radical (unpaired) electrons. The highest BCUT2D eigenvalue weighted by Crippen LogP contribution is 2.31. The number of nitrogens with one attached hydrogen (secondary N) is 2. The van der Waals surface area contributed by atoms with E-state index in [9.17, 15) is 9.18 Å². The number of aromatic amines is 1. The van der Waals surface area contributed by atoms with Crippen molar-refractivity contribution in [3.05, 3.63) is 59.9 Å². The molecule has 2 aromatic carbocycles. The molecule has 8 heteroatoms. The van der Waals surface area contributed by atoms with Gasteiger partial charge in [0, 0.05) is 12.1 Å². The van der Waals surface area contributed by atoms with E-state index < -0.39 is 5.91 Å². The van der Waals surface area contributed by atoms with Crippen LogP contribution in [0.15, 0.2) is 48.5 Å². The van der Waals surface area contributed by atoms with Crippen molar-refractivity contribution in [3.63, 3.8) is 0 Å². The lowest BCUT2D eigenvalue weighted by Crippen LogP contribution is -2.09. The van der Waals surface area contributed by atoms with Gasteiger partial charge in [-0.1, -0.05) is 12.1 Å². The number of aromatic nitrogens is 3. The fraction of sp³-hybridized carbons (Fsp3) is 0.105. The van der Waals surface area contributed by atoms with Crippen LogP contribution >= 0.6 is 0 Å². The lowest BCUT2D eigenvalue weighted by atomic mass is 10.2. The van der Waals surface area contributed by atoms with Gasteiger partial charge in [0.2, 0.25) is 5.95 Å². The molecule has 0 unspecified atom stereocenters. The number of hydrogen-bond acceptors (Lipinski definition) is 5. The second-order valence-electron chi connectivity index (χ2n) is 5.45. The molecule has 0 saturated carbocycles. The van der Waals surface area contributed by atoms with Crippen molar-refractivity contribution in [1.82, 2.24) is 15.2 Å². The maximum absolute atomic E-state index is 13.1. The SMILES string of the molecule is COc1ccc(-c2nc(NC(=O)C=Cc3cccc(F)c3)n[nH]2)c(OC)c1. The normalized spacial score (nSPS) is 10.8. The lowest BCUT2D eigenvalue weighted by Gasteiger charge is -2.07.